The molecule has 0 saturated heterocycles. The van der Waals surface area contributed by atoms with E-state index in [-0.39, 0.29) is 5.41 Å². The van der Waals surface area contributed by atoms with Gasteiger partial charge in [0.1, 0.15) is 6.29 Å². The Morgan fingerprint density at radius 1 is 1.47 bits per heavy atom. The first-order valence-corrected chi connectivity index (χ1v) is 6.78. The number of aliphatic hydroxyl groups is 1. The van der Waals surface area contributed by atoms with Crippen LogP contribution in [0, 0.1) is 17.3 Å². The van der Waals surface area contributed by atoms with E-state index in [0.29, 0.717) is 11.8 Å². The van der Waals surface area contributed by atoms with Crippen LogP contribution in [0.2, 0.25) is 0 Å². The second-order valence-corrected chi connectivity index (χ2v) is 6.51. The fraction of sp³-hybridized carbons (Fsp3) is 0.800. The van der Waals surface area contributed by atoms with Crippen LogP contribution in [0.4, 0.5) is 0 Å². The molecular weight excluding hydrogens is 212 g/mol. The van der Waals surface area contributed by atoms with Crippen LogP contribution in [-0.4, -0.2) is 17.0 Å². The molecule has 0 aromatic carbocycles. The van der Waals surface area contributed by atoms with Crippen LogP contribution in [-0.2, 0) is 4.79 Å². The summed E-state index contributed by atoms with van der Waals surface area (Å²) in [5.41, 5.74) is 0.447. The maximum Gasteiger partial charge on any atom is 0.146 e. The molecule has 2 rings (SSSR count). The van der Waals surface area contributed by atoms with Gasteiger partial charge in [-0.1, -0.05) is 13.0 Å². The molecular formula is C15H24O2. The van der Waals surface area contributed by atoms with Crippen molar-refractivity contribution in [3.8, 4) is 0 Å². The average molecular weight is 236 g/mol. The van der Waals surface area contributed by atoms with E-state index in [1.807, 2.05) is 13.8 Å². The van der Waals surface area contributed by atoms with Gasteiger partial charge in [-0.05, 0) is 63.4 Å². The van der Waals surface area contributed by atoms with Gasteiger partial charge in [-0.3, -0.25) is 4.79 Å². The Labute approximate surface area is 104 Å². The average Bonchev–Trinajstić information content (AvgIpc) is 2.68. The lowest BCUT2D eigenvalue weighted by atomic mass is 9.64. The minimum Gasteiger partial charge on any atom is -0.390 e. The quantitative estimate of drug-likeness (QED) is 0.748. The van der Waals surface area contributed by atoms with E-state index in [2.05, 4.69) is 13.0 Å². The molecule has 0 aliphatic heterocycles. The molecule has 3 unspecified atom stereocenters. The Balaban J connectivity index is 2.27. The topological polar surface area (TPSA) is 37.3 Å². The van der Waals surface area contributed by atoms with Gasteiger partial charge in [-0.15, -0.1) is 0 Å². The van der Waals surface area contributed by atoms with Crippen molar-refractivity contribution in [3.05, 3.63) is 11.6 Å². The van der Waals surface area contributed by atoms with Gasteiger partial charge < -0.3 is 5.11 Å². The highest BCUT2D eigenvalue weighted by Crippen LogP contribution is 2.56. The predicted octanol–water partition coefficient (Wildman–Crippen LogP) is 3.10. The van der Waals surface area contributed by atoms with E-state index in [0.717, 1.165) is 37.5 Å². The Morgan fingerprint density at radius 3 is 2.71 bits per heavy atom. The normalized spacial score (nSPS) is 38.2. The number of rotatable bonds is 2. The van der Waals surface area contributed by atoms with Crippen LogP contribution in [0.25, 0.3) is 0 Å². The summed E-state index contributed by atoms with van der Waals surface area (Å²) in [7, 11) is 0. The molecule has 3 atom stereocenters. The zero-order valence-electron chi connectivity index (χ0n) is 11.2. The van der Waals surface area contributed by atoms with Gasteiger partial charge in [-0.25, -0.2) is 0 Å². The minimum atomic E-state index is -0.616. The van der Waals surface area contributed by atoms with Crippen LogP contribution in [0.3, 0.4) is 0 Å². The van der Waals surface area contributed by atoms with Crippen molar-refractivity contribution in [2.45, 2.75) is 58.5 Å². The standard InChI is InChI=1S/C15H24O2/c1-11-5-4-6-13(10-16)15(11)8-7-12(9-15)14(2,3)17/h6,10-12,17H,4-5,7-9H2,1-3H3. The van der Waals surface area contributed by atoms with E-state index in [1.54, 1.807) is 0 Å². The molecule has 2 nitrogen and oxygen atoms in total. The molecule has 0 amide bonds. The van der Waals surface area contributed by atoms with E-state index in [4.69, 9.17) is 0 Å². The smallest absolute Gasteiger partial charge is 0.146 e. The van der Waals surface area contributed by atoms with Crippen LogP contribution in [0.5, 0.6) is 0 Å². The van der Waals surface area contributed by atoms with Crippen molar-refractivity contribution >= 4 is 6.29 Å². The Hall–Kier alpha value is -0.630. The van der Waals surface area contributed by atoms with Gasteiger partial charge in [0.05, 0.1) is 5.60 Å². The molecule has 0 aromatic heterocycles. The molecule has 0 heterocycles. The van der Waals surface area contributed by atoms with Crippen molar-refractivity contribution < 1.29 is 9.90 Å². The van der Waals surface area contributed by atoms with E-state index >= 15 is 0 Å². The van der Waals surface area contributed by atoms with Crippen molar-refractivity contribution in [3.63, 3.8) is 0 Å². The molecule has 0 aromatic rings. The summed E-state index contributed by atoms with van der Waals surface area (Å²) in [6.07, 6.45) is 8.47. The summed E-state index contributed by atoms with van der Waals surface area (Å²) in [5.74, 6) is 0.895. The van der Waals surface area contributed by atoms with E-state index < -0.39 is 5.60 Å². The molecule has 2 heteroatoms. The maximum atomic E-state index is 11.3. The lowest BCUT2D eigenvalue weighted by molar-refractivity contribution is -0.106. The second kappa shape index (κ2) is 4.24. The zero-order valence-corrected chi connectivity index (χ0v) is 11.2. The fourth-order valence-corrected chi connectivity index (χ4v) is 3.81. The highest BCUT2D eigenvalue weighted by Gasteiger charge is 2.49. The molecule has 2 aliphatic carbocycles. The lowest BCUT2D eigenvalue weighted by Gasteiger charge is -2.40. The van der Waals surface area contributed by atoms with Gasteiger partial charge in [-0.2, -0.15) is 0 Å². The first kappa shape index (κ1) is 12.8. The molecule has 1 fully saturated rings. The molecule has 17 heavy (non-hydrogen) atoms. The minimum absolute atomic E-state index is 0.0602. The van der Waals surface area contributed by atoms with Crippen LogP contribution >= 0.6 is 0 Å². The molecule has 96 valence electrons. The summed E-state index contributed by atoms with van der Waals surface area (Å²) >= 11 is 0. The van der Waals surface area contributed by atoms with Crippen LogP contribution in [0.1, 0.15) is 52.9 Å². The van der Waals surface area contributed by atoms with Gasteiger partial charge in [0.15, 0.2) is 0 Å². The molecule has 1 spiro atoms. The first-order chi connectivity index (χ1) is 7.90. The maximum absolute atomic E-state index is 11.3. The SMILES string of the molecule is CC1CCC=C(C=O)C12CCC(C(C)(C)O)C2. The number of hydrogen-bond donors (Lipinski definition) is 1. The predicted molar refractivity (Wildman–Crippen MR) is 68.6 cm³/mol. The van der Waals surface area contributed by atoms with Gasteiger partial charge in [0.2, 0.25) is 0 Å². The monoisotopic (exact) mass is 236 g/mol. The number of carbonyl (C=O) groups excluding carboxylic acids is 1. The van der Waals surface area contributed by atoms with Crippen molar-refractivity contribution in [2.75, 3.05) is 0 Å². The summed E-state index contributed by atoms with van der Waals surface area (Å²) in [5, 5.41) is 10.2. The van der Waals surface area contributed by atoms with Crippen LogP contribution < -0.4 is 0 Å². The highest BCUT2D eigenvalue weighted by atomic mass is 16.3. The van der Waals surface area contributed by atoms with Gasteiger partial charge >= 0.3 is 0 Å². The molecule has 0 radical (unpaired) electrons. The molecule has 1 N–H and O–H groups in total. The molecule has 0 bridgehead atoms. The van der Waals surface area contributed by atoms with Gasteiger partial charge in [0.25, 0.3) is 0 Å². The molecule has 1 saturated carbocycles. The first-order valence-electron chi connectivity index (χ1n) is 6.78. The van der Waals surface area contributed by atoms with Crippen molar-refractivity contribution in [1.82, 2.24) is 0 Å². The van der Waals surface area contributed by atoms with Gasteiger partial charge in [0, 0.05) is 5.41 Å². The number of allylic oxidation sites excluding steroid dienone is 2. The van der Waals surface area contributed by atoms with Crippen LogP contribution in [0.15, 0.2) is 11.6 Å². The molecule has 2 aliphatic rings. The summed E-state index contributed by atoms with van der Waals surface area (Å²) in [4.78, 5) is 11.3. The van der Waals surface area contributed by atoms with E-state index in [9.17, 15) is 9.90 Å². The number of hydrogen-bond acceptors (Lipinski definition) is 2. The third-order valence-electron chi connectivity index (χ3n) is 5.16. The third kappa shape index (κ3) is 2.08. The zero-order chi connectivity index (χ0) is 12.7. The Bertz CT molecular complexity index is 337. The lowest BCUT2D eigenvalue weighted by Crippen LogP contribution is -2.35. The van der Waals surface area contributed by atoms with Crippen molar-refractivity contribution in [2.24, 2.45) is 17.3 Å². The fourth-order valence-electron chi connectivity index (χ4n) is 3.81. The summed E-state index contributed by atoms with van der Waals surface area (Å²) in [6, 6.07) is 0. The summed E-state index contributed by atoms with van der Waals surface area (Å²) < 4.78 is 0. The largest absolute Gasteiger partial charge is 0.390 e. The highest BCUT2D eigenvalue weighted by molar-refractivity contribution is 5.76. The van der Waals surface area contributed by atoms with Crippen molar-refractivity contribution in [1.29, 1.82) is 0 Å². The second-order valence-electron chi connectivity index (χ2n) is 6.51. The van der Waals surface area contributed by atoms with E-state index in [1.165, 1.54) is 6.42 Å². The Morgan fingerprint density at radius 2 is 2.18 bits per heavy atom. The summed E-state index contributed by atoms with van der Waals surface area (Å²) in [6.45, 7) is 6.06. The third-order valence-corrected chi connectivity index (χ3v) is 5.16. The number of carbonyl (C=O) groups is 1. The Kier molecular flexibility index (Phi) is 3.19. The number of aldehydes is 1.